The van der Waals surface area contributed by atoms with Crippen LogP contribution in [0, 0.1) is 0 Å². The summed E-state index contributed by atoms with van der Waals surface area (Å²) >= 11 is 0. The number of aromatic amines is 1. The van der Waals surface area contributed by atoms with Gasteiger partial charge in [-0.15, -0.1) is 0 Å². The molecule has 74 valence electrons. The first kappa shape index (κ1) is 8.11. The van der Waals surface area contributed by atoms with Crippen molar-refractivity contribution in [2.24, 2.45) is 0 Å². The van der Waals surface area contributed by atoms with Crippen molar-refractivity contribution in [2.75, 3.05) is 5.73 Å². The molecule has 0 fully saturated rings. The molecule has 0 aliphatic rings. The average molecular weight is 199 g/mol. The van der Waals surface area contributed by atoms with Gasteiger partial charge in [0.2, 0.25) is 5.88 Å². The second-order valence-corrected chi connectivity index (χ2v) is 3.39. The molecule has 1 aromatic carbocycles. The molecule has 0 saturated carbocycles. The third-order valence-electron chi connectivity index (χ3n) is 2.38. The van der Waals surface area contributed by atoms with Gasteiger partial charge >= 0.3 is 0 Å². The molecule has 0 atom stereocenters. The maximum absolute atomic E-state index is 5.47. The van der Waals surface area contributed by atoms with Crippen LogP contribution in [-0.4, -0.2) is 10.1 Å². The Morgan fingerprint density at radius 3 is 2.93 bits per heavy atom. The summed E-state index contributed by atoms with van der Waals surface area (Å²) in [5.41, 5.74) is 8.29. The third-order valence-corrected chi connectivity index (χ3v) is 2.38. The normalized spacial score (nSPS) is 10.9. The average Bonchev–Trinajstić information content (AvgIpc) is 2.84. The summed E-state index contributed by atoms with van der Waals surface area (Å²) in [5.74, 6) is 0.330. The molecule has 0 amide bonds. The van der Waals surface area contributed by atoms with Crippen LogP contribution in [0.3, 0.4) is 0 Å². The smallest absolute Gasteiger partial charge is 0.222 e. The molecule has 0 radical (unpaired) electrons. The summed E-state index contributed by atoms with van der Waals surface area (Å²) in [7, 11) is 0. The van der Waals surface area contributed by atoms with Gasteiger partial charge < -0.3 is 15.2 Å². The monoisotopic (exact) mass is 199 g/mol. The van der Waals surface area contributed by atoms with Gasteiger partial charge in [-0.3, -0.25) is 0 Å². The molecule has 3 rings (SSSR count). The predicted octanol–water partition coefficient (Wildman–Crippen LogP) is 2.41. The van der Waals surface area contributed by atoms with Gasteiger partial charge in [0.15, 0.2) is 0 Å². The Morgan fingerprint density at radius 1 is 1.20 bits per heavy atom. The van der Waals surface area contributed by atoms with Crippen LogP contribution in [0.25, 0.3) is 22.2 Å². The van der Waals surface area contributed by atoms with E-state index in [0.717, 1.165) is 16.8 Å². The number of aromatic nitrogens is 2. The first-order chi connectivity index (χ1) is 7.33. The first-order valence-corrected chi connectivity index (χ1v) is 4.63. The van der Waals surface area contributed by atoms with Gasteiger partial charge in [-0.05, 0) is 17.5 Å². The molecule has 4 heteroatoms. The largest absolute Gasteiger partial charge is 0.368 e. The van der Waals surface area contributed by atoms with E-state index in [9.17, 15) is 0 Å². The molecule has 0 aliphatic carbocycles. The molecule has 4 nitrogen and oxygen atoms in total. The number of benzene rings is 1. The second kappa shape index (κ2) is 2.88. The van der Waals surface area contributed by atoms with Crippen LogP contribution in [0.1, 0.15) is 0 Å². The van der Waals surface area contributed by atoms with E-state index in [1.807, 2.05) is 30.5 Å². The third kappa shape index (κ3) is 1.27. The number of nitrogens with one attached hydrogen (secondary N) is 1. The van der Waals surface area contributed by atoms with Crippen molar-refractivity contribution in [3.63, 3.8) is 0 Å². The molecule has 0 bridgehead atoms. The van der Waals surface area contributed by atoms with E-state index in [2.05, 4.69) is 10.1 Å². The Balaban J connectivity index is 2.18. The Labute approximate surface area is 85.7 Å². The maximum Gasteiger partial charge on any atom is 0.222 e. The quantitative estimate of drug-likeness (QED) is 0.632. The minimum atomic E-state index is 0.330. The van der Waals surface area contributed by atoms with E-state index in [-0.39, 0.29) is 0 Å². The predicted molar refractivity (Wildman–Crippen MR) is 58.2 cm³/mol. The molecule has 0 aliphatic heterocycles. The van der Waals surface area contributed by atoms with E-state index in [1.165, 1.54) is 5.39 Å². The van der Waals surface area contributed by atoms with Gasteiger partial charge in [0.1, 0.15) is 5.69 Å². The van der Waals surface area contributed by atoms with Gasteiger partial charge in [0, 0.05) is 23.3 Å². The summed E-state index contributed by atoms with van der Waals surface area (Å²) in [5, 5.41) is 5.04. The van der Waals surface area contributed by atoms with E-state index >= 15 is 0 Å². The summed E-state index contributed by atoms with van der Waals surface area (Å²) in [4.78, 5) is 3.15. The van der Waals surface area contributed by atoms with E-state index in [0.29, 0.717) is 5.88 Å². The Morgan fingerprint density at radius 2 is 2.13 bits per heavy atom. The van der Waals surface area contributed by atoms with Gasteiger partial charge in [-0.25, -0.2) is 0 Å². The fraction of sp³-hybridized carbons (Fsp3) is 0. The lowest BCUT2D eigenvalue weighted by Crippen LogP contribution is -1.78. The first-order valence-electron chi connectivity index (χ1n) is 4.63. The van der Waals surface area contributed by atoms with Crippen molar-refractivity contribution in [2.45, 2.75) is 0 Å². The van der Waals surface area contributed by atoms with Gasteiger partial charge in [0.25, 0.3) is 0 Å². The lowest BCUT2D eigenvalue weighted by atomic mass is 10.1. The van der Waals surface area contributed by atoms with Crippen LogP contribution in [-0.2, 0) is 0 Å². The number of nitrogens with two attached hydrogens (primary N) is 1. The maximum atomic E-state index is 5.47. The summed E-state index contributed by atoms with van der Waals surface area (Å²) in [6.45, 7) is 0. The number of anilines is 1. The molecule has 0 unspecified atom stereocenters. The van der Waals surface area contributed by atoms with Crippen LogP contribution in [0.2, 0.25) is 0 Å². The highest BCUT2D eigenvalue weighted by atomic mass is 16.5. The highest BCUT2D eigenvalue weighted by Gasteiger charge is 2.04. The van der Waals surface area contributed by atoms with Crippen LogP contribution in [0.4, 0.5) is 5.88 Å². The zero-order valence-corrected chi connectivity index (χ0v) is 7.90. The fourth-order valence-electron chi connectivity index (χ4n) is 1.63. The summed E-state index contributed by atoms with van der Waals surface area (Å²) in [6.07, 6.45) is 1.91. The minimum Gasteiger partial charge on any atom is -0.368 e. The Hall–Kier alpha value is -2.23. The SMILES string of the molecule is Nc1cc(-c2ccc3cc[nH]c3c2)no1. The van der Waals surface area contributed by atoms with Crippen LogP contribution in [0.5, 0.6) is 0 Å². The lowest BCUT2D eigenvalue weighted by molar-refractivity contribution is 0.439. The zero-order valence-electron chi connectivity index (χ0n) is 7.90. The Bertz CT molecular complexity index is 609. The van der Waals surface area contributed by atoms with Crippen molar-refractivity contribution in [3.05, 3.63) is 36.5 Å². The van der Waals surface area contributed by atoms with E-state index < -0.39 is 0 Å². The molecule has 0 spiro atoms. The molecule has 2 aromatic heterocycles. The van der Waals surface area contributed by atoms with E-state index in [1.54, 1.807) is 6.07 Å². The number of nitrogens with zero attached hydrogens (tertiary/aromatic N) is 1. The van der Waals surface area contributed by atoms with Gasteiger partial charge in [0.05, 0.1) is 0 Å². The molecule has 3 N–H and O–H groups in total. The van der Waals surface area contributed by atoms with Crippen molar-refractivity contribution in [1.29, 1.82) is 0 Å². The molecule has 3 aromatic rings. The van der Waals surface area contributed by atoms with Gasteiger partial charge in [-0.1, -0.05) is 17.3 Å². The van der Waals surface area contributed by atoms with E-state index in [4.69, 9.17) is 10.3 Å². The molecule has 0 saturated heterocycles. The summed E-state index contributed by atoms with van der Waals surface area (Å²) in [6, 6.07) is 9.78. The fourth-order valence-corrected chi connectivity index (χ4v) is 1.63. The highest BCUT2D eigenvalue weighted by molar-refractivity contribution is 5.84. The zero-order chi connectivity index (χ0) is 10.3. The van der Waals surface area contributed by atoms with Crippen molar-refractivity contribution in [1.82, 2.24) is 10.1 Å². The number of hydrogen-bond donors (Lipinski definition) is 2. The minimum absolute atomic E-state index is 0.330. The van der Waals surface area contributed by atoms with Crippen molar-refractivity contribution < 1.29 is 4.52 Å². The lowest BCUT2D eigenvalue weighted by Gasteiger charge is -1.95. The van der Waals surface area contributed by atoms with Crippen LogP contribution in [0.15, 0.2) is 41.1 Å². The highest BCUT2D eigenvalue weighted by Crippen LogP contribution is 2.23. The summed E-state index contributed by atoms with van der Waals surface area (Å²) < 4.78 is 4.83. The number of fused-ring (bicyclic) bond motifs is 1. The molecule has 2 heterocycles. The van der Waals surface area contributed by atoms with Crippen molar-refractivity contribution in [3.8, 4) is 11.3 Å². The van der Waals surface area contributed by atoms with Gasteiger partial charge in [-0.2, -0.15) is 0 Å². The number of nitrogen functional groups attached to an aromatic ring is 1. The second-order valence-electron chi connectivity index (χ2n) is 3.39. The topological polar surface area (TPSA) is 67.8 Å². The van der Waals surface area contributed by atoms with Crippen LogP contribution >= 0.6 is 0 Å². The van der Waals surface area contributed by atoms with Crippen molar-refractivity contribution >= 4 is 16.8 Å². The number of hydrogen-bond acceptors (Lipinski definition) is 3. The Kier molecular flexibility index (Phi) is 1.56. The number of H-pyrrole nitrogens is 1. The number of rotatable bonds is 1. The molecular weight excluding hydrogens is 190 g/mol. The molecule has 15 heavy (non-hydrogen) atoms. The molecular formula is C11H9N3O. The van der Waals surface area contributed by atoms with Crippen LogP contribution < -0.4 is 5.73 Å². The standard InChI is InChI=1S/C11H9N3O/c12-11-6-10(14-15-11)8-2-1-7-3-4-13-9(7)5-8/h1-6,13H,12H2.